The van der Waals surface area contributed by atoms with Crippen LogP contribution in [0.15, 0.2) is 12.1 Å². The van der Waals surface area contributed by atoms with E-state index in [1.165, 1.54) is 0 Å². The zero-order chi connectivity index (χ0) is 7.84. The maximum absolute atomic E-state index is 5.62. The summed E-state index contributed by atoms with van der Waals surface area (Å²) in [5.74, 6) is 0. The van der Waals surface area contributed by atoms with Crippen molar-refractivity contribution >= 4 is 47.2 Å². The molecule has 0 fully saturated rings. The fraction of sp³-hybridized carbons (Fsp3) is 0. The van der Waals surface area contributed by atoms with E-state index in [9.17, 15) is 0 Å². The number of benzene rings is 1. The van der Waals surface area contributed by atoms with E-state index >= 15 is 0 Å². The van der Waals surface area contributed by atoms with Crippen LogP contribution < -0.4 is 11.5 Å². The lowest BCUT2D eigenvalue weighted by molar-refractivity contribution is 0.960. The second-order valence-electron chi connectivity index (χ2n) is 2.26. The van der Waals surface area contributed by atoms with Gasteiger partial charge in [-0.25, -0.2) is 0 Å². The normalized spacial score (nSPS) is 8.92. The van der Waals surface area contributed by atoms with Crippen LogP contribution >= 0.6 is 24.8 Å². The molecule has 2 rings (SSSR count). The summed E-state index contributed by atoms with van der Waals surface area (Å²) in [6.45, 7) is 0. The van der Waals surface area contributed by atoms with Crippen molar-refractivity contribution in [1.82, 2.24) is 15.4 Å². The Hall–Kier alpha value is -1.20. The molecular formula is C6H9Cl2N5. The summed E-state index contributed by atoms with van der Waals surface area (Å²) < 4.78 is 0. The van der Waals surface area contributed by atoms with Crippen molar-refractivity contribution in [2.24, 2.45) is 0 Å². The Labute approximate surface area is 86.7 Å². The first-order valence-corrected chi connectivity index (χ1v) is 3.13. The van der Waals surface area contributed by atoms with Crippen molar-refractivity contribution in [2.45, 2.75) is 0 Å². The van der Waals surface area contributed by atoms with Gasteiger partial charge in [-0.3, -0.25) is 0 Å². The van der Waals surface area contributed by atoms with E-state index in [0.717, 1.165) is 5.52 Å². The van der Waals surface area contributed by atoms with Crippen LogP contribution in [0.4, 0.5) is 11.4 Å². The highest BCUT2D eigenvalue weighted by atomic mass is 35.5. The topological polar surface area (TPSA) is 93.6 Å². The predicted molar refractivity (Wildman–Crippen MR) is 57.2 cm³/mol. The number of aromatic amines is 1. The standard InChI is InChI=1S/C6H7N5.2ClH/c7-3-1-2-4-6(5(3)8)10-11-9-4;;/h1-2H,7-8H2,(H,9,10,11);2*1H. The summed E-state index contributed by atoms with van der Waals surface area (Å²) in [6, 6.07) is 3.48. The number of H-pyrrole nitrogens is 1. The molecule has 0 atom stereocenters. The van der Waals surface area contributed by atoms with Gasteiger partial charge in [0.2, 0.25) is 0 Å². The van der Waals surface area contributed by atoms with Crippen LogP contribution in [-0.4, -0.2) is 15.4 Å². The summed E-state index contributed by atoms with van der Waals surface area (Å²) in [6.07, 6.45) is 0. The van der Waals surface area contributed by atoms with Crippen LogP contribution in [0.3, 0.4) is 0 Å². The number of rotatable bonds is 0. The maximum atomic E-state index is 5.62. The minimum absolute atomic E-state index is 0. The lowest BCUT2D eigenvalue weighted by Crippen LogP contribution is -1.94. The number of halogens is 2. The highest BCUT2D eigenvalue weighted by Gasteiger charge is 2.03. The molecular weight excluding hydrogens is 213 g/mol. The molecule has 2 aromatic rings. The van der Waals surface area contributed by atoms with Gasteiger partial charge in [0, 0.05) is 0 Å². The molecule has 0 aliphatic rings. The zero-order valence-corrected chi connectivity index (χ0v) is 8.15. The van der Waals surface area contributed by atoms with Crippen molar-refractivity contribution in [3.8, 4) is 0 Å². The maximum Gasteiger partial charge on any atom is 0.137 e. The van der Waals surface area contributed by atoms with E-state index in [1.807, 2.05) is 0 Å². The van der Waals surface area contributed by atoms with Crippen LogP contribution in [0, 0.1) is 0 Å². The Bertz CT molecular complexity index is 399. The van der Waals surface area contributed by atoms with Crippen LogP contribution in [0.2, 0.25) is 0 Å². The largest absolute Gasteiger partial charge is 0.397 e. The third kappa shape index (κ3) is 1.76. The minimum Gasteiger partial charge on any atom is -0.397 e. The van der Waals surface area contributed by atoms with Gasteiger partial charge >= 0.3 is 0 Å². The summed E-state index contributed by atoms with van der Waals surface area (Å²) in [4.78, 5) is 0. The van der Waals surface area contributed by atoms with E-state index < -0.39 is 0 Å². The molecule has 0 unspecified atom stereocenters. The van der Waals surface area contributed by atoms with Gasteiger partial charge in [0.1, 0.15) is 11.0 Å². The number of aromatic nitrogens is 3. The van der Waals surface area contributed by atoms with Gasteiger partial charge in [-0.1, -0.05) is 0 Å². The lowest BCUT2D eigenvalue weighted by Gasteiger charge is -1.96. The summed E-state index contributed by atoms with van der Waals surface area (Å²) in [5, 5.41) is 10.2. The third-order valence-electron chi connectivity index (χ3n) is 1.56. The van der Waals surface area contributed by atoms with Gasteiger partial charge in [-0.15, -0.1) is 24.8 Å². The van der Waals surface area contributed by atoms with Gasteiger partial charge in [-0.2, -0.15) is 15.4 Å². The molecule has 0 saturated carbocycles. The first-order valence-electron chi connectivity index (χ1n) is 3.13. The highest BCUT2D eigenvalue weighted by molar-refractivity contribution is 5.92. The Kier molecular flexibility index (Phi) is 3.77. The fourth-order valence-corrected chi connectivity index (χ4v) is 0.949. The van der Waals surface area contributed by atoms with Gasteiger partial charge in [0.05, 0.1) is 11.4 Å². The fourth-order valence-electron chi connectivity index (χ4n) is 0.949. The average molecular weight is 222 g/mol. The number of nitrogen functional groups attached to an aromatic ring is 2. The molecule has 0 aliphatic heterocycles. The molecule has 0 bridgehead atoms. The van der Waals surface area contributed by atoms with E-state index in [1.54, 1.807) is 12.1 Å². The molecule has 7 heteroatoms. The molecule has 0 amide bonds. The second kappa shape index (κ2) is 4.15. The molecule has 5 nitrogen and oxygen atoms in total. The van der Waals surface area contributed by atoms with E-state index in [-0.39, 0.29) is 24.8 Å². The molecule has 0 aliphatic carbocycles. The van der Waals surface area contributed by atoms with Crippen molar-refractivity contribution in [2.75, 3.05) is 11.5 Å². The Morgan fingerprint density at radius 1 is 1.08 bits per heavy atom. The zero-order valence-electron chi connectivity index (χ0n) is 6.52. The highest BCUT2D eigenvalue weighted by Crippen LogP contribution is 2.22. The van der Waals surface area contributed by atoms with Crippen molar-refractivity contribution in [1.29, 1.82) is 0 Å². The van der Waals surface area contributed by atoms with E-state index in [0.29, 0.717) is 16.9 Å². The number of hydrogen-bond acceptors (Lipinski definition) is 4. The van der Waals surface area contributed by atoms with Gasteiger partial charge in [0.15, 0.2) is 0 Å². The Balaban J connectivity index is 0.000000720. The molecule has 1 heterocycles. The first kappa shape index (κ1) is 11.8. The van der Waals surface area contributed by atoms with Crippen molar-refractivity contribution in [3.63, 3.8) is 0 Å². The predicted octanol–water partition coefficient (Wildman–Crippen LogP) is 0.966. The number of nitrogens with one attached hydrogen (secondary N) is 1. The van der Waals surface area contributed by atoms with Crippen molar-refractivity contribution in [3.05, 3.63) is 12.1 Å². The number of anilines is 2. The molecule has 13 heavy (non-hydrogen) atoms. The monoisotopic (exact) mass is 221 g/mol. The molecule has 72 valence electrons. The second-order valence-corrected chi connectivity index (χ2v) is 2.26. The van der Waals surface area contributed by atoms with Crippen molar-refractivity contribution < 1.29 is 0 Å². The van der Waals surface area contributed by atoms with Gasteiger partial charge in [-0.05, 0) is 12.1 Å². The molecule has 1 aromatic carbocycles. The Morgan fingerprint density at radius 2 is 1.77 bits per heavy atom. The van der Waals surface area contributed by atoms with E-state index in [2.05, 4.69) is 15.4 Å². The molecule has 0 radical (unpaired) electrons. The Morgan fingerprint density at radius 3 is 2.46 bits per heavy atom. The minimum atomic E-state index is 0. The molecule has 1 aromatic heterocycles. The van der Waals surface area contributed by atoms with Gasteiger partial charge < -0.3 is 11.5 Å². The van der Waals surface area contributed by atoms with Crippen LogP contribution in [0.1, 0.15) is 0 Å². The van der Waals surface area contributed by atoms with Crippen LogP contribution in [0.25, 0.3) is 11.0 Å². The number of fused-ring (bicyclic) bond motifs is 1. The summed E-state index contributed by atoms with van der Waals surface area (Å²) in [5.41, 5.74) is 13.5. The number of hydrogen-bond donors (Lipinski definition) is 3. The SMILES string of the molecule is Cl.Cl.Nc1ccc2n[nH]nc2c1N. The average Bonchev–Trinajstić information content (AvgIpc) is 2.45. The third-order valence-corrected chi connectivity index (χ3v) is 1.56. The first-order chi connectivity index (χ1) is 5.29. The van der Waals surface area contributed by atoms with Crippen LogP contribution in [-0.2, 0) is 0 Å². The quantitative estimate of drug-likeness (QED) is 0.579. The smallest absolute Gasteiger partial charge is 0.137 e. The summed E-state index contributed by atoms with van der Waals surface area (Å²) >= 11 is 0. The molecule has 5 N–H and O–H groups in total. The number of nitrogens with two attached hydrogens (primary N) is 2. The molecule has 0 saturated heterocycles. The van der Waals surface area contributed by atoms with Gasteiger partial charge in [0.25, 0.3) is 0 Å². The molecule has 0 spiro atoms. The van der Waals surface area contributed by atoms with Crippen LogP contribution in [0.5, 0.6) is 0 Å². The summed E-state index contributed by atoms with van der Waals surface area (Å²) in [7, 11) is 0. The van der Waals surface area contributed by atoms with E-state index in [4.69, 9.17) is 11.5 Å². The lowest BCUT2D eigenvalue weighted by atomic mass is 10.2. The number of nitrogens with zero attached hydrogens (tertiary/aromatic N) is 2.